The second-order valence-corrected chi connectivity index (χ2v) is 3.91. The van der Waals surface area contributed by atoms with E-state index in [-0.39, 0.29) is 5.56 Å². The van der Waals surface area contributed by atoms with Crippen LogP contribution in [0, 0.1) is 0 Å². The predicted molar refractivity (Wildman–Crippen MR) is 59.7 cm³/mol. The van der Waals surface area contributed by atoms with Crippen LogP contribution in [0.4, 0.5) is 5.13 Å². The third-order valence-corrected chi connectivity index (χ3v) is 2.82. The largest absolute Gasteiger partial charge is 0.545 e. The lowest BCUT2D eigenvalue weighted by Gasteiger charge is -2.02. The van der Waals surface area contributed by atoms with Gasteiger partial charge in [0, 0.05) is 10.9 Å². The Morgan fingerprint density at radius 2 is 2.06 bits per heavy atom. The lowest BCUT2D eigenvalue weighted by atomic mass is 10.1. The smallest absolute Gasteiger partial charge is 0.197 e. The van der Waals surface area contributed by atoms with Crippen molar-refractivity contribution in [1.29, 1.82) is 0 Å². The molecule has 1 aromatic carbocycles. The van der Waals surface area contributed by atoms with Crippen molar-refractivity contribution in [3.05, 3.63) is 35.2 Å². The number of thiazole rings is 1. The third kappa shape index (κ3) is 2.02. The summed E-state index contributed by atoms with van der Waals surface area (Å²) >= 11 is 1.38. The number of benzene rings is 1. The SMILES string of the molecule is NNc1nc(-c2ccc(C(=O)[O-])cc2)cs1. The van der Waals surface area contributed by atoms with Crippen molar-refractivity contribution in [2.45, 2.75) is 0 Å². The van der Waals surface area contributed by atoms with Gasteiger partial charge in [-0.15, -0.1) is 11.3 Å². The van der Waals surface area contributed by atoms with E-state index in [1.54, 1.807) is 12.1 Å². The summed E-state index contributed by atoms with van der Waals surface area (Å²) in [4.78, 5) is 14.7. The van der Waals surface area contributed by atoms with Gasteiger partial charge in [0.25, 0.3) is 0 Å². The molecular formula is C10H8N3O2S-. The maximum atomic E-state index is 10.5. The van der Waals surface area contributed by atoms with Crippen molar-refractivity contribution in [2.24, 2.45) is 5.84 Å². The first kappa shape index (κ1) is 10.6. The average molecular weight is 234 g/mol. The van der Waals surface area contributed by atoms with Gasteiger partial charge in [-0.2, -0.15) is 0 Å². The molecule has 0 saturated carbocycles. The monoisotopic (exact) mass is 234 g/mol. The van der Waals surface area contributed by atoms with E-state index in [2.05, 4.69) is 10.4 Å². The molecule has 1 aromatic heterocycles. The molecule has 0 bridgehead atoms. The first-order valence-electron chi connectivity index (χ1n) is 4.44. The molecule has 0 unspecified atom stereocenters. The number of carboxylic acids is 1. The Morgan fingerprint density at radius 1 is 1.38 bits per heavy atom. The topological polar surface area (TPSA) is 91.1 Å². The highest BCUT2D eigenvalue weighted by Crippen LogP contribution is 2.24. The van der Waals surface area contributed by atoms with Crippen LogP contribution in [0.3, 0.4) is 0 Å². The van der Waals surface area contributed by atoms with E-state index < -0.39 is 5.97 Å². The Bertz CT molecular complexity index is 507. The molecule has 5 nitrogen and oxygen atoms in total. The molecule has 0 fully saturated rings. The van der Waals surface area contributed by atoms with E-state index in [4.69, 9.17) is 5.84 Å². The third-order valence-electron chi connectivity index (χ3n) is 2.04. The van der Waals surface area contributed by atoms with E-state index in [9.17, 15) is 9.90 Å². The zero-order valence-corrected chi connectivity index (χ0v) is 8.95. The van der Waals surface area contributed by atoms with Crippen LogP contribution in [0.2, 0.25) is 0 Å². The van der Waals surface area contributed by atoms with Crippen molar-refractivity contribution in [1.82, 2.24) is 4.98 Å². The highest BCUT2D eigenvalue weighted by molar-refractivity contribution is 7.14. The van der Waals surface area contributed by atoms with Crippen LogP contribution < -0.4 is 16.4 Å². The van der Waals surface area contributed by atoms with Gasteiger partial charge in [0.05, 0.1) is 11.7 Å². The van der Waals surface area contributed by atoms with Crippen LogP contribution in [-0.2, 0) is 0 Å². The van der Waals surface area contributed by atoms with Gasteiger partial charge in [-0.1, -0.05) is 24.3 Å². The number of aromatic carboxylic acids is 1. The molecule has 0 radical (unpaired) electrons. The average Bonchev–Trinajstić information content (AvgIpc) is 2.77. The first-order valence-corrected chi connectivity index (χ1v) is 5.32. The molecule has 2 rings (SSSR count). The van der Waals surface area contributed by atoms with Gasteiger partial charge in [-0.05, 0) is 5.56 Å². The fraction of sp³-hybridized carbons (Fsp3) is 0. The number of carbonyl (C=O) groups is 1. The first-order chi connectivity index (χ1) is 7.70. The Hall–Kier alpha value is -1.92. The van der Waals surface area contributed by atoms with Crippen LogP contribution in [0.5, 0.6) is 0 Å². The van der Waals surface area contributed by atoms with Gasteiger partial charge < -0.3 is 9.90 Å². The van der Waals surface area contributed by atoms with Gasteiger partial charge in [0.2, 0.25) is 0 Å². The number of nitrogens with one attached hydrogen (secondary N) is 1. The summed E-state index contributed by atoms with van der Waals surface area (Å²) < 4.78 is 0. The molecule has 6 heteroatoms. The molecule has 0 atom stereocenters. The maximum Gasteiger partial charge on any atom is 0.197 e. The second kappa shape index (κ2) is 4.30. The van der Waals surface area contributed by atoms with Gasteiger partial charge in [0.1, 0.15) is 0 Å². The molecular weight excluding hydrogens is 226 g/mol. The molecule has 3 N–H and O–H groups in total. The molecule has 82 valence electrons. The number of nitrogens with two attached hydrogens (primary N) is 1. The van der Waals surface area contributed by atoms with Crippen LogP contribution in [0.15, 0.2) is 29.6 Å². The van der Waals surface area contributed by atoms with Crippen LogP contribution in [0.25, 0.3) is 11.3 Å². The molecule has 2 aromatic rings. The van der Waals surface area contributed by atoms with E-state index in [1.165, 1.54) is 23.5 Å². The van der Waals surface area contributed by atoms with Gasteiger partial charge in [0.15, 0.2) is 5.13 Å². The lowest BCUT2D eigenvalue weighted by molar-refractivity contribution is -0.255. The standard InChI is InChI=1S/C10H9N3O2S/c11-13-10-12-8(5-16-10)6-1-3-7(4-2-6)9(14)15/h1-5H,11H2,(H,12,13)(H,14,15)/p-1. The number of carboxylic acid groups (broad SMARTS) is 1. The number of aromatic nitrogens is 1. The summed E-state index contributed by atoms with van der Waals surface area (Å²) in [6.07, 6.45) is 0. The fourth-order valence-electron chi connectivity index (χ4n) is 1.25. The zero-order chi connectivity index (χ0) is 11.5. The summed E-state index contributed by atoms with van der Waals surface area (Å²) in [7, 11) is 0. The van der Waals surface area contributed by atoms with Gasteiger partial charge in [-0.3, -0.25) is 5.43 Å². The number of hydrogen-bond acceptors (Lipinski definition) is 6. The number of nitrogens with zero attached hydrogens (tertiary/aromatic N) is 1. The molecule has 16 heavy (non-hydrogen) atoms. The molecule has 0 saturated heterocycles. The summed E-state index contributed by atoms with van der Waals surface area (Å²) in [5.74, 6) is 4.03. The van der Waals surface area contributed by atoms with Crippen LogP contribution >= 0.6 is 11.3 Å². The minimum Gasteiger partial charge on any atom is -0.545 e. The van der Waals surface area contributed by atoms with E-state index in [0.717, 1.165) is 11.3 Å². The van der Waals surface area contributed by atoms with Crippen molar-refractivity contribution < 1.29 is 9.90 Å². The highest BCUT2D eigenvalue weighted by atomic mass is 32.1. The Balaban J connectivity index is 2.30. The fourth-order valence-corrected chi connectivity index (χ4v) is 1.88. The molecule has 1 heterocycles. The molecule has 0 spiro atoms. The number of rotatable bonds is 3. The molecule has 0 aliphatic rings. The number of hydrogen-bond donors (Lipinski definition) is 2. The van der Waals surface area contributed by atoms with E-state index in [1.807, 2.05) is 5.38 Å². The lowest BCUT2D eigenvalue weighted by Crippen LogP contribution is -2.21. The second-order valence-electron chi connectivity index (χ2n) is 3.05. The van der Waals surface area contributed by atoms with Gasteiger partial charge >= 0.3 is 0 Å². The number of anilines is 1. The predicted octanol–water partition coefficient (Wildman–Crippen LogP) is 0.459. The quantitative estimate of drug-likeness (QED) is 0.594. The Labute approximate surface area is 95.5 Å². The van der Waals surface area contributed by atoms with Crippen LogP contribution in [-0.4, -0.2) is 11.0 Å². The number of nitrogen functional groups attached to an aromatic ring is 1. The summed E-state index contributed by atoms with van der Waals surface area (Å²) in [6.45, 7) is 0. The molecule has 0 amide bonds. The molecule has 0 aliphatic heterocycles. The normalized spacial score (nSPS) is 10.1. The summed E-state index contributed by atoms with van der Waals surface area (Å²) in [6, 6.07) is 6.33. The Morgan fingerprint density at radius 3 is 2.56 bits per heavy atom. The number of hydrazine groups is 1. The van der Waals surface area contributed by atoms with E-state index >= 15 is 0 Å². The van der Waals surface area contributed by atoms with Crippen molar-refractivity contribution in [3.8, 4) is 11.3 Å². The summed E-state index contributed by atoms with van der Waals surface area (Å²) in [5.41, 5.74) is 4.19. The van der Waals surface area contributed by atoms with Crippen molar-refractivity contribution in [3.63, 3.8) is 0 Å². The molecule has 0 aliphatic carbocycles. The Kier molecular flexibility index (Phi) is 2.84. The maximum absolute atomic E-state index is 10.5. The van der Waals surface area contributed by atoms with E-state index in [0.29, 0.717) is 5.13 Å². The minimum atomic E-state index is -1.19. The zero-order valence-electron chi connectivity index (χ0n) is 8.14. The van der Waals surface area contributed by atoms with Crippen molar-refractivity contribution >= 4 is 22.4 Å². The minimum absolute atomic E-state index is 0.149. The summed E-state index contributed by atoms with van der Waals surface area (Å²) in [5, 5.41) is 13.0. The van der Waals surface area contributed by atoms with Crippen LogP contribution in [0.1, 0.15) is 10.4 Å². The van der Waals surface area contributed by atoms with Crippen molar-refractivity contribution in [2.75, 3.05) is 5.43 Å². The van der Waals surface area contributed by atoms with Gasteiger partial charge in [-0.25, -0.2) is 10.8 Å². The highest BCUT2D eigenvalue weighted by Gasteiger charge is 2.03. The number of carbonyl (C=O) groups excluding carboxylic acids is 1.